The van der Waals surface area contributed by atoms with Crippen LogP contribution in [0.15, 0.2) is 12.3 Å². The fraction of sp³-hybridized carbons (Fsp3) is 0.500. The van der Waals surface area contributed by atoms with E-state index in [1.54, 1.807) is 7.05 Å². The molecule has 0 radical (unpaired) electrons. The van der Waals surface area contributed by atoms with E-state index < -0.39 is 34.5 Å². The van der Waals surface area contributed by atoms with Crippen molar-refractivity contribution in [1.82, 2.24) is 19.7 Å². The molecule has 32 heavy (non-hydrogen) atoms. The summed E-state index contributed by atoms with van der Waals surface area (Å²) in [6, 6.07) is 0.743. The smallest absolute Gasteiger partial charge is 0.338 e. The Hall–Kier alpha value is -2.78. The number of alkyl halides is 3. The van der Waals surface area contributed by atoms with Crippen LogP contribution < -0.4 is 4.90 Å². The van der Waals surface area contributed by atoms with Crippen molar-refractivity contribution in [2.45, 2.75) is 52.3 Å². The van der Waals surface area contributed by atoms with Gasteiger partial charge in [-0.15, -0.1) is 0 Å². The molecule has 5 nitrogen and oxygen atoms in total. The minimum atomic E-state index is -4.97. The number of halogens is 5. The largest absolute Gasteiger partial charge is 0.419 e. The number of benzene rings is 1. The molecule has 2 aromatic heterocycles. The number of anilines is 1. The number of aromatic nitrogens is 4. The van der Waals surface area contributed by atoms with E-state index >= 15 is 0 Å². The summed E-state index contributed by atoms with van der Waals surface area (Å²) in [5, 5.41) is 4.52. The van der Waals surface area contributed by atoms with Gasteiger partial charge in [0.15, 0.2) is 5.65 Å². The molecule has 4 rings (SSSR count). The molecule has 1 atom stereocenters. The molecule has 1 aliphatic heterocycles. The summed E-state index contributed by atoms with van der Waals surface area (Å²) in [6.07, 6.45) is -0.344. The summed E-state index contributed by atoms with van der Waals surface area (Å²) in [5.41, 5.74) is -2.36. The first kappa shape index (κ1) is 22.4. The Bertz CT molecular complexity index is 1170. The van der Waals surface area contributed by atoms with Crippen molar-refractivity contribution in [3.63, 3.8) is 0 Å². The maximum Gasteiger partial charge on any atom is 0.419 e. The summed E-state index contributed by atoms with van der Waals surface area (Å²) in [7, 11) is 1.58. The molecule has 1 aromatic carbocycles. The summed E-state index contributed by atoms with van der Waals surface area (Å²) in [5.74, 6) is -1.80. The molecule has 3 heterocycles. The van der Waals surface area contributed by atoms with Crippen LogP contribution in [0.25, 0.3) is 22.3 Å². The zero-order chi connectivity index (χ0) is 23.4. The first-order chi connectivity index (χ1) is 15.0. The van der Waals surface area contributed by atoms with Gasteiger partial charge in [0.1, 0.15) is 17.3 Å². The first-order valence-electron chi connectivity index (χ1n) is 10.5. The Balaban J connectivity index is 1.86. The van der Waals surface area contributed by atoms with E-state index in [0.717, 1.165) is 32.7 Å². The van der Waals surface area contributed by atoms with Crippen molar-refractivity contribution in [3.8, 4) is 11.3 Å². The summed E-state index contributed by atoms with van der Waals surface area (Å²) in [4.78, 5) is 11.2. The lowest BCUT2D eigenvalue weighted by molar-refractivity contribution is -0.140. The predicted octanol–water partition coefficient (Wildman–Crippen LogP) is 5.65. The van der Waals surface area contributed by atoms with Crippen LogP contribution in [-0.4, -0.2) is 32.3 Å². The van der Waals surface area contributed by atoms with Crippen LogP contribution >= 0.6 is 0 Å². The Morgan fingerprint density at radius 3 is 2.50 bits per heavy atom. The number of fused-ring (bicyclic) bond motifs is 1. The minimum Gasteiger partial charge on any atom is -0.338 e. The third-order valence-corrected chi connectivity index (χ3v) is 6.12. The van der Waals surface area contributed by atoms with Gasteiger partial charge >= 0.3 is 6.18 Å². The van der Waals surface area contributed by atoms with Crippen LogP contribution in [0.2, 0.25) is 0 Å². The fourth-order valence-corrected chi connectivity index (χ4v) is 4.41. The highest BCUT2D eigenvalue weighted by Crippen LogP contribution is 2.39. The molecule has 1 aliphatic rings. The van der Waals surface area contributed by atoms with Gasteiger partial charge in [-0.3, -0.25) is 0 Å². The van der Waals surface area contributed by atoms with Crippen LogP contribution in [0, 0.1) is 24.5 Å². The number of hydrogen-bond acceptors (Lipinski definition) is 4. The van der Waals surface area contributed by atoms with E-state index in [2.05, 4.69) is 33.8 Å². The SMILES string of the molecule is Cc1c(F)c(-c2nn(C)c3nc(N4CCCCC4C(C)C)ncc23)cc(C(F)(F)F)c1F. The van der Waals surface area contributed by atoms with Crippen LogP contribution in [0.3, 0.4) is 0 Å². The average molecular weight is 453 g/mol. The molecule has 0 saturated carbocycles. The fourth-order valence-electron chi connectivity index (χ4n) is 4.41. The van der Waals surface area contributed by atoms with E-state index in [0.29, 0.717) is 29.0 Å². The van der Waals surface area contributed by atoms with Gasteiger partial charge in [-0.1, -0.05) is 13.8 Å². The summed E-state index contributed by atoms with van der Waals surface area (Å²) >= 11 is 0. The molecule has 3 aromatic rings. The minimum absolute atomic E-state index is 0.0563. The zero-order valence-electron chi connectivity index (χ0n) is 18.3. The van der Waals surface area contributed by atoms with E-state index in [1.165, 1.54) is 10.9 Å². The number of nitrogens with zero attached hydrogens (tertiary/aromatic N) is 5. The molecule has 10 heteroatoms. The number of aryl methyl sites for hydroxylation is 1. The Morgan fingerprint density at radius 2 is 1.84 bits per heavy atom. The van der Waals surface area contributed by atoms with Crippen molar-refractivity contribution in [2.75, 3.05) is 11.4 Å². The van der Waals surface area contributed by atoms with Crippen molar-refractivity contribution in [1.29, 1.82) is 0 Å². The van der Waals surface area contributed by atoms with E-state index in [9.17, 15) is 22.0 Å². The molecule has 1 fully saturated rings. The van der Waals surface area contributed by atoms with Crippen molar-refractivity contribution >= 4 is 17.0 Å². The zero-order valence-corrected chi connectivity index (χ0v) is 18.3. The number of hydrogen-bond donors (Lipinski definition) is 0. The molecule has 0 amide bonds. The predicted molar refractivity (Wildman–Crippen MR) is 111 cm³/mol. The lowest BCUT2D eigenvalue weighted by atomic mass is 9.93. The first-order valence-corrected chi connectivity index (χ1v) is 10.5. The van der Waals surface area contributed by atoms with Gasteiger partial charge < -0.3 is 4.90 Å². The van der Waals surface area contributed by atoms with Gasteiger partial charge in [0.05, 0.1) is 10.9 Å². The van der Waals surface area contributed by atoms with Crippen molar-refractivity contribution in [3.05, 3.63) is 35.0 Å². The van der Waals surface area contributed by atoms with Crippen LogP contribution in [0.5, 0.6) is 0 Å². The van der Waals surface area contributed by atoms with Crippen molar-refractivity contribution < 1.29 is 22.0 Å². The lowest BCUT2D eigenvalue weighted by Crippen LogP contribution is -2.43. The molecule has 1 saturated heterocycles. The molecular weight excluding hydrogens is 429 g/mol. The second-order valence-corrected chi connectivity index (χ2v) is 8.60. The van der Waals surface area contributed by atoms with Crippen LogP contribution in [-0.2, 0) is 13.2 Å². The second kappa shape index (κ2) is 7.97. The van der Waals surface area contributed by atoms with Gasteiger partial charge in [0.2, 0.25) is 5.95 Å². The molecule has 0 aliphatic carbocycles. The van der Waals surface area contributed by atoms with Gasteiger partial charge in [-0.2, -0.15) is 23.3 Å². The molecule has 172 valence electrons. The third-order valence-electron chi connectivity index (χ3n) is 6.12. The Labute approximate surface area is 182 Å². The highest BCUT2D eigenvalue weighted by Gasteiger charge is 2.37. The maximum atomic E-state index is 14.9. The summed E-state index contributed by atoms with van der Waals surface area (Å²) < 4.78 is 70.3. The Morgan fingerprint density at radius 1 is 1.12 bits per heavy atom. The van der Waals surface area contributed by atoms with Gasteiger partial charge in [0.25, 0.3) is 0 Å². The quantitative estimate of drug-likeness (QED) is 0.481. The van der Waals surface area contributed by atoms with E-state index in [-0.39, 0.29) is 11.7 Å². The van der Waals surface area contributed by atoms with Gasteiger partial charge in [-0.05, 0) is 38.2 Å². The summed E-state index contributed by atoms with van der Waals surface area (Å²) in [6.45, 7) is 6.06. The van der Waals surface area contributed by atoms with E-state index in [1.807, 2.05) is 0 Å². The topological polar surface area (TPSA) is 46.8 Å². The molecule has 1 unspecified atom stereocenters. The van der Waals surface area contributed by atoms with Crippen molar-refractivity contribution in [2.24, 2.45) is 13.0 Å². The number of piperidine rings is 1. The second-order valence-electron chi connectivity index (χ2n) is 8.60. The van der Waals surface area contributed by atoms with Crippen LogP contribution in [0.4, 0.5) is 27.9 Å². The maximum absolute atomic E-state index is 14.9. The molecule has 0 spiro atoms. The monoisotopic (exact) mass is 453 g/mol. The van der Waals surface area contributed by atoms with Gasteiger partial charge in [-0.25, -0.2) is 18.4 Å². The third kappa shape index (κ3) is 3.69. The molecule has 0 bridgehead atoms. The molecule has 0 N–H and O–H groups in total. The Kier molecular flexibility index (Phi) is 5.58. The average Bonchev–Trinajstić information content (AvgIpc) is 3.07. The van der Waals surface area contributed by atoms with E-state index in [4.69, 9.17) is 0 Å². The molecular formula is C22H24F5N5. The highest BCUT2D eigenvalue weighted by atomic mass is 19.4. The standard InChI is InChI=1S/C22H24F5N5/c1-11(2)16-7-5-6-8-32(16)21-28-10-14-19(30-31(4)20(14)29-21)13-9-15(22(25,26)27)18(24)12(3)17(13)23/h9-11,16H,5-8H2,1-4H3. The highest BCUT2D eigenvalue weighted by molar-refractivity contribution is 5.91. The number of rotatable bonds is 3. The van der Waals surface area contributed by atoms with Crippen LogP contribution in [0.1, 0.15) is 44.2 Å². The van der Waals surface area contributed by atoms with Gasteiger partial charge in [0, 0.05) is 37.0 Å². The normalized spacial score (nSPS) is 17.6. The lowest BCUT2D eigenvalue weighted by Gasteiger charge is -2.38.